The lowest BCUT2D eigenvalue weighted by atomic mass is 10.2. The molecule has 0 radical (unpaired) electrons. The zero-order chi connectivity index (χ0) is 11.4. The molecular formula is C12H12BrN3. The third kappa shape index (κ3) is 2.79. The summed E-state index contributed by atoms with van der Waals surface area (Å²) in [6, 6.07) is 7.96. The van der Waals surface area contributed by atoms with Crippen LogP contribution in [-0.2, 0) is 6.54 Å². The van der Waals surface area contributed by atoms with Gasteiger partial charge in [0.2, 0.25) is 0 Å². The summed E-state index contributed by atoms with van der Waals surface area (Å²) >= 11 is 3.47. The SMILES string of the molecule is Cc1cc(NCc2ncccn2)ccc1Br. The predicted octanol–water partition coefficient (Wildman–Crippen LogP) is 3.16. The Morgan fingerprint density at radius 2 is 2.00 bits per heavy atom. The van der Waals surface area contributed by atoms with Gasteiger partial charge in [0, 0.05) is 22.6 Å². The molecule has 0 unspecified atom stereocenters. The summed E-state index contributed by atoms with van der Waals surface area (Å²) in [5, 5.41) is 3.28. The Morgan fingerprint density at radius 1 is 1.25 bits per heavy atom. The molecule has 0 fully saturated rings. The van der Waals surface area contributed by atoms with Gasteiger partial charge in [-0.2, -0.15) is 0 Å². The van der Waals surface area contributed by atoms with Crippen molar-refractivity contribution in [3.05, 3.63) is 52.5 Å². The fourth-order valence-electron chi connectivity index (χ4n) is 1.36. The molecular weight excluding hydrogens is 266 g/mol. The van der Waals surface area contributed by atoms with Gasteiger partial charge in [-0.15, -0.1) is 0 Å². The molecule has 3 nitrogen and oxygen atoms in total. The lowest BCUT2D eigenvalue weighted by molar-refractivity contribution is 0.948. The van der Waals surface area contributed by atoms with Crippen LogP contribution in [0.25, 0.3) is 0 Å². The minimum absolute atomic E-state index is 0.641. The molecule has 0 saturated heterocycles. The monoisotopic (exact) mass is 277 g/mol. The van der Waals surface area contributed by atoms with Crippen molar-refractivity contribution in [1.29, 1.82) is 0 Å². The number of nitrogens with one attached hydrogen (secondary N) is 1. The maximum absolute atomic E-state index is 4.15. The van der Waals surface area contributed by atoms with E-state index in [1.165, 1.54) is 5.56 Å². The first-order chi connectivity index (χ1) is 7.75. The van der Waals surface area contributed by atoms with E-state index in [1.807, 2.05) is 18.2 Å². The van der Waals surface area contributed by atoms with Crippen molar-refractivity contribution < 1.29 is 0 Å². The first-order valence-corrected chi connectivity index (χ1v) is 5.81. The minimum atomic E-state index is 0.641. The Balaban J connectivity index is 2.03. The molecule has 0 atom stereocenters. The van der Waals surface area contributed by atoms with E-state index in [4.69, 9.17) is 0 Å². The van der Waals surface area contributed by atoms with E-state index in [-0.39, 0.29) is 0 Å². The number of halogens is 1. The summed E-state index contributed by atoms with van der Waals surface area (Å²) in [5.74, 6) is 0.795. The summed E-state index contributed by atoms with van der Waals surface area (Å²) in [6.07, 6.45) is 3.49. The number of nitrogens with zero attached hydrogens (tertiary/aromatic N) is 2. The highest BCUT2D eigenvalue weighted by Gasteiger charge is 1.98. The molecule has 0 aliphatic heterocycles. The molecule has 16 heavy (non-hydrogen) atoms. The molecule has 82 valence electrons. The topological polar surface area (TPSA) is 37.8 Å². The second-order valence-corrected chi connectivity index (χ2v) is 4.34. The van der Waals surface area contributed by atoms with E-state index in [1.54, 1.807) is 12.4 Å². The number of rotatable bonds is 3. The maximum atomic E-state index is 4.15. The molecule has 0 aliphatic rings. The molecule has 1 aromatic carbocycles. The van der Waals surface area contributed by atoms with Gasteiger partial charge in [0.25, 0.3) is 0 Å². The van der Waals surface area contributed by atoms with Crippen LogP contribution in [-0.4, -0.2) is 9.97 Å². The highest BCUT2D eigenvalue weighted by atomic mass is 79.9. The van der Waals surface area contributed by atoms with E-state index in [0.717, 1.165) is 16.0 Å². The molecule has 0 amide bonds. The molecule has 1 N–H and O–H groups in total. The largest absolute Gasteiger partial charge is 0.378 e. The van der Waals surface area contributed by atoms with Gasteiger partial charge in [0.15, 0.2) is 0 Å². The predicted molar refractivity (Wildman–Crippen MR) is 68.2 cm³/mol. The van der Waals surface area contributed by atoms with Crippen molar-refractivity contribution in [1.82, 2.24) is 9.97 Å². The molecule has 0 aliphatic carbocycles. The summed E-state index contributed by atoms with van der Waals surface area (Å²) < 4.78 is 1.12. The summed E-state index contributed by atoms with van der Waals surface area (Å²) in [6.45, 7) is 2.70. The highest BCUT2D eigenvalue weighted by Crippen LogP contribution is 2.20. The third-order valence-electron chi connectivity index (χ3n) is 2.23. The number of benzene rings is 1. The minimum Gasteiger partial charge on any atom is -0.378 e. The first-order valence-electron chi connectivity index (χ1n) is 5.01. The van der Waals surface area contributed by atoms with Crippen molar-refractivity contribution in [2.24, 2.45) is 0 Å². The lowest BCUT2D eigenvalue weighted by Crippen LogP contribution is -2.03. The van der Waals surface area contributed by atoms with Crippen molar-refractivity contribution in [2.45, 2.75) is 13.5 Å². The zero-order valence-electron chi connectivity index (χ0n) is 8.94. The fraction of sp³-hybridized carbons (Fsp3) is 0.167. The normalized spacial score (nSPS) is 10.1. The Hall–Kier alpha value is -1.42. The average molecular weight is 278 g/mol. The van der Waals surface area contributed by atoms with Crippen LogP contribution in [0.4, 0.5) is 5.69 Å². The zero-order valence-corrected chi connectivity index (χ0v) is 10.5. The van der Waals surface area contributed by atoms with Gasteiger partial charge in [-0.05, 0) is 36.8 Å². The van der Waals surface area contributed by atoms with Gasteiger partial charge in [-0.25, -0.2) is 9.97 Å². The van der Waals surface area contributed by atoms with Crippen LogP contribution < -0.4 is 5.32 Å². The second-order valence-electron chi connectivity index (χ2n) is 3.48. The number of aromatic nitrogens is 2. The van der Waals surface area contributed by atoms with Crippen molar-refractivity contribution >= 4 is 21.6 Å². The Labute approximate surface area is 103 Å². The number of hydrogen-bond donors (Lipinski definition) is 1. The van der Waals surface area contributed by atoms with Gasteiger partial charge in [-0.1, -0.05) is 15.9 Å². The van der Waals surface area contributed by atoms with Gasteiger partial charge >= 0.3 is 0 Å². The van der Waals surface area contributed by atoms with Crippen LogP contribution in [0.5, 0.6) is 0 Å². The molecule has 2 aromatic rings. The smallest absolute Gasteiger partial charge is 0.147 e. The number of anilines is 1. The lowest BCUT2D eigenvalue weighted by Gasteiger charge is -2.06. The van der Waals surface area contributed by atoms with E-state index in [9.17, 15) is 0 Å². The second kappa shape index (κ2) is 5.07. The van der Waals surface area contributed by atoms with Crippen LogP contribution in [0.2, 0.25) is 0 Å². The standard InChI is InChI=1S/C12H12BrN3/c1-9-7-10(3-4-11(9)13)16-8-12-14-5-2-6-15-12/h2-7,16H,8H2,1H3. The van der Waals surface area contributed by atoms with Crippen molar-refractivity contribution in [2.75, 3.05) is 5.32 Å². The van der Waals surface area contributed by atoms with Crippen molar-refractivity contribution in [3.8, 4) is 0 Å². The van der Waals surface area contributed by atoms with Crippen LogP contribution >= 0.6 is 15.9 Å². The number of hydrogen-bond acceptors (Lipinski definition) is 3. The quantitative estimate of drug-likeness (QED) is 0.937. The van der Waals surface area contributed by atoms with Crippen LogP contribution in [0.3, 0.4) is 0 Å². The first kappa shape index (κ1) is 11.1. The van der Waals surface area contributed by atoms with Crippen LogP contribution in [0, 0.1) is 6.92 Å². The average Bonchev–Trinajstić information content (AvgIpc) is 2.32. The van der Waals surface area contributed by atoms with Crippen molar-refractivity contribution in [3.63, 3.8) is 0 Å². The Kier molecular flexibility index (Phi) is 3.51. The molecule has 4 heteroatoms. The van der Waals surface area contributed by atoms with Gasteiger partial charge in [0.1, 0.15) is 5.82 Å². The summed E-state index contributed by atoms with van der Waals surface area (Å²) in [7, 11) is 0. The summed E-state index contributed by atoms with van der Waals surface area (Å²) in [4.78, 5) is 8.30. The Bertz CT molecular complexity index is 471. The van der Waals surface area contributed by atoms with E-state index < -0.39 is 0 Å². The van der Waals surface area contributed by atoms with E-state index in [2.05, 4.69) is 44.2 Å². The van der Waals surface area contributed by atoms with Gasteiger partial charge < -0.3 is 5.32 Å². The van der Waals surface area contributed by atoms with Crippen LogP contribution in [0.15, 0.2) is 41.1 Å². The van der Waals surface area contributed by atoms with Crippen LogP contribution in [0.1, 0.15) is 11.4 Å². The van der Waals surface area contributed by atoms with E-state index >= 15 is 0 Å². The summed E-state index contributed by atoms with van der Waals surface area (Å²) in [5.41, 5.74) is 2.28. The molecule has 1 aromatic heterocycles. The molecule has 1 heterocycles. The van der Waals surface area contributed by atoms with Gasteiger partial charge in [0.05, 0.1) is 6.54 Å². The van der Waals surface area contributed by atoms with E-state index in [0.29, 0.717) is 6.54 Å². The molecule has 0 saturated carbocycles. The molecule has 2 rings (SSSR count). The maximum Gasteiger partial charge on any atom is 0.147 e. The van der Waals surface area contributed by atoms with Gasteiger partial charge in [-0.3, -0.25) is 0 Å². The number of aryl methyl sites for hydroxylation is 1. The Morgan fingerprint density at radius 3 is 2.69 bits per heavy atom. The third-order valence-corrected chi connectivity index (χ3v) is 3.12. The fourth-order valence-corrected chi connectivity index (χ4v) is 1.60. The molecule has 0 spiro atoms. The molecule has 0 bridgehead atoms. The highest BCUT2D eigenvalue weighted by molar-refractivity contribution is 9.10.